The van der Waals surface area contributed by atoms with Crippen molar-refractivity contribution in [2.75, 3.05) is 26.2 Å². The molecule has 0 fully saturated rings. The van der Waals surface area contributed by atoms with Gasteiger partial charge in [-0.25, -0.2) is 0 Å². The Morgan fingerprint density at radius 2 is 1.70 bits per heavy atom. The maximum absolute atomic E-state index is 12.3. The largest absolute Gasteiger partial charge is 0.497 e. The van der Waals surface area contributed by atoms with Crippen LogP contribution in [0.2, 0.25) is 0 Å². The Bertz CT molecular complexity index is 700. The number of aryl methyl sites for hydroxylation is 1. The lowest BCUT2D eigenvalue weighted by Gasteiger charge is -2.15. The summed E-state index contributed by atoms with van der Waals surface area (Å²) in [5.41, 5.74) is 2.82. The van der Waals surface area contributed by atoms with Crippen LogP contribution in [0.1, 0.15) is 11.1 Å². The average molecular weight is 311 g/mol. The lowest BCUT2D eigenvalue weighted by Crippen LogP contribution is -2.23. The number of carbonyl (C=O) groups is 1. The van der Waals surface area contributed by atoms with E-state index in [0.29, 0.717) is 11.5 Å². The minimum absolute atomic E-state index is 0.0996. The molecule has 0 aliphatic heterocycles. The molecule has 0 spiro atoms. The van der Waals surface area contributed by atoms with E-state index in [2.05, 4.69) is 0 Å². The first-order chi connectivity index (χ1) is 11.0. The molecule has 0 aliphatic rings. The van der Waals surface area contributed by atoms with Crippen molar-refractivity contribution in [2.24, 2.45) is 0 Å². The summed E-state index contributed by atoms with van der Waals surface area (Å²) >= 11 is 0. The van der Waals surface area contributed by atoms with Gasteiger partial charge in [-0.05, 0) is 48.4 Å². The molecule has 0 unspecified atom stereocenters. The van der Waals surface area contributed by atoms with Gasteiger partial charge in [0.1, 0.15) is 11.5 Å². The minimum Gasteiger partial charge on any atom is -0.497 e. The molecular formula is C19H21NO3. The summed E-state index contributed by atoms with van der Waals surface area (Å²) in [5, 5.41) is 0. The van der Waals surface area contributed by atoms with Crippen LogP contribution >= 0.6 is 0 Å². The standard InChI is InChI=1S/C19H21NO3/c1-14-6-5-7-16(10-14)20(2)19(21)9-8-15-11-17(22-3)13-18(12-15)23-4/h5-13H,1-4H3/b9-8+. The second-order valence-corrected chi connectivity index (χ2v) is 5.22. The topological polar surface area (TPSA) is 38.8 Å². The Morgan fingerprint density at radius 3 is 2.26 bits per heavy atom. The molecule has 0 radical (unpaired) electrons. The number of amides is 1. The average Bonchev–Trinajstić information content (AvgIpc) is 2.58. The molecule has 0 saturated carbocycles. The van der Waals surface area contributed by atoms with Gasteiger partial charge in [-0.2, -0.15) is 0 Å². The molecule has 0 atom stereocenters. The van der Waals surface area contributed by atoms with Crippen LogP contribution in [0.5, 0.6) is 11.5 Å². The first-order valence-corrected chi connectivity index (χ1v) is 7.29. The van der Waals surface area contributed by atoms with Gasteiger partial charge >= 0.3 is 0 Å². The second-order valence-electron chi connectivity index (χ2n) is 5.22. The van der Waals surface area contributed by atoms with Crippen molar-refractivity contribution >= 4 is 17.7 Å². The summed E-state index contributed by atoms with van der Waals surface area (Å²) in [6, 6.07) is 13.3. The highest BCUT2D eigenvalue weighted by Gasteiger charge is 2.08. The molecule has 0 aromatic heterocycles. The summed E-state index contributed by atoms with van der Waals surface area (Å²) in [4.78, 5) is 13.9. The Kier molecular flexibility index (Phi) is 5.41. The quantitative estimate of drug-likeness (QED) is 0.791. The van der Waals surface area contributed by atoms with Crippen LogP contribution in [0.3, 0.4) is 0 Å². The third-order valence-electron chi connectivity index (χ3n) is 3.51. The van der Waals surface area contributed by atoms with Crippen molar-refractivity contribution in [3.05, 3.63) is 59.7 Å². The summed E-state index contributed by atoms with van der Waals surface area (Å²) in [5.74, 6) is 1.27. The van der Waals surface area contributed by atoms with Gasteiger partial charge in [-0.3, -0.25) is 4.79 Å². The number of hydrogen-bond donors (Lipinski definition) is 0. The monoisotopic (exact) mass is 311 g/mol. The second kappa shape index (κ2) is 7.49. The van der Waals surface area contributed by atoms with E-state index in [-0.39, 0.29) is 5.91 Å². The molecule has 0 heterocycles. The van der Waals surface area contributed by atoms with E-state index in [1.807, 2.05) is 43.3 Å². The van der Waals surface area contributed by atoms with Gasteiger partial charge in [-0.1, -0.05) is 12.1 Å². The van der Waals surface area contributed by atoms with Gasteiger partial charge < -0.3 is 14.4 Å². The maximum atomic E-state index is 12.3. The van der Waals surface area contributed by atoms with E-state index in [4.69, 9.17) is 9.47 Å². The van der Waals surface area contributed by atoms with E-state index in [1.165, 1.54) is 6.08 Å². The molecule has 0 N–H and O–H groups in total. The molecule has 2 rings (SSSR count). The van der Waals surface area contributed by atoms with Crippen molar-refractivity contribution < 1.29 is 14.3 Å². The fourth-order valence-electron chi connectivity index (χ4n) is 2.17. The molecular weight excluding hydrogens is 290 g/mol. The van der Waals surface area contributed by atoms with Crippen molar-refractivity contribution in [3.63, 3.8) is 0 Å². The number of anilines is 1. The fraction of sp³-hybridized carbons (Fsp3) is 0.211. The van der Waals surface area contributed by atoms with Gasteiger partial charge in [0.2, 0.25) is 0 Å². The molecule has 4 nitrogen and oxygen atoms in total. The Balaban J connectivity index is 2.17. The molecule has 0 saturated heterocycles. The van der Waals surface area contributed by atoms with Gasteiger partial charge in [0, 0.05) is 24.9 Å². The van der Waals surface area contributed by atoms with Crippen molar-refractivity contribution in [3.8, 4) is 11.5 Å². The molecule has 4 heteroatoms. The summed E-state index contributed by atoms with van der Waals surface area (Å²) in [6.45, 7) is 2.00. The molecule has 120 valence electrons. The van der Waals surface area contributed by atoms with E-state index in [0.717, 1.165) is 16.8 Å². The number of hydrogen-bond acceptors (Lipinski definition) is 3. The summed E-state index contributed by atoms with van der Waals surface area (Å²) in [7, 11) is 4.95. The van der Waals surface area contributed by atoms with E-state index in [9.17, 15) is 4.79 Å². The lowest BCUT2D eigenvalue weighted by molar-refractivity contribution is -0.113. The summed E-state index contributed by atoms with van der Waals surface area (Å²) in [6.07, 6.45) is 3.29. The Labute approximate surface area is 137 Å². The Morgan fingerprint density at radius 1 is 1.04 bits per heavy atom. The van der Waals surface area contributed by atoms with Gasteiger partial charge in [0.05, 0.1) is 14.2 Å². The van der Waals surface area contributed by atoms with Crippen LogP contribution < -0.4 is 14.4 Å². The zero-order valence-electron chi connectivity index (χ0n) is 13.9. The first kappa shape index (κ1) is 16.6. The lowest BCUT2D eigenvalue weighted by atomic mass is 10.1. The van der Waals surface area contributed by atoms with Crippen LogP contribution in [0.15, 0.2) is 48.5 Å². The number of carbonyl (C=O) groups excluding carboxylic acids is 1. The van der Waals surface area contributed by atoms with Crippen LogP contribution in [0.4, 0.5) is 5.69 Å². The normalized spacial score (nSPS) is 10.6. The molecule has 2 aromatic rings. The van der Waals surface area contributed by atoms with Gasteiger partial charge in [0.25, 0.3) is 5.91 Å². The molecule has 0 bridgehead atoms. The summed E-state index contributed by atoms with van der Waals surface area (Å²) < 4.78 is 10.4. The van der Waals surface area contributed by atoms with E-state index in [1.54, 1.807) is 38.3 Å². The van der Waals surface area contributed by atoms with Crippen molar-refractivity contribution in [2.45, 2.75) is 6.92 Å². The number of benzene rings is 2. The fourth-order valence-corrected chi connectivity index (χ4v) is 2.17. The SMILES string of the molecule is COc1cc(/C=C/C(=O)N(C)c2cccc(C)c2)cc(OC)c1. The highest BCUT2D eigenvalue weighted by Crippen LogP contribution is 2.23. The van der Waals surface area contributed by atoms with Crippen LogP contribution in [-0.4, -0.2) is 27.2 Å². The molecule has 23 heavy (non-hydrogen) atoms. The number of methoxy groups -OCH3 is 2. The van der Waals surface area contributed by atoms with Crippen LogP contribution in [0.25, 0.3) is 6.08 Å². The number of nitrogens with zero attached hydrogens (tertiary/aromatic N) is 1. The highest BCUT2D eigenvalue weighted by atomic mass is 16.5. The van der Waals surface area contributed by atoms with E-state index < -0.39 is 0 Å². The molecule has 2 aromatic carbocycles. The predicted molar refractivity (Wildman–Crippen MR) is 93.2 cm³/mol. The van der Waals surface area contributed by atoms with Crippen molar-refractivity contribution in [1.29, 1.82) is 0 Å². The third-order valence-corrected chi connectivity index (χ3v) is 3.51. The number of rotatable bonds is 5. The number of ether oxygens (including phenoxy) is 2. The minimum atomic E-state index is -0.0996. The van der Waals surface area contributed by atoms with E-state index >= 15 is 0 Å². The third kappa shape index (κ3) is 4.36. The number of likely N-dealkylation sites (N-methyl/N-ethyl adjacent to an activating group) is 1. The van der Waals surface area contributed by atoms with Gasteiger partial charge in [-0.15, -0.1) is 0 Å². The van der Waals surface area contributed by atoms with Crippen LogP contribution in [0, 0.1) is 6.92 Å². The van der Waals surface area contributed by atoms with Crippen LogP contribution in [-0.2, 0) is 4.79 Å². The molecule has 0 aliphatic carbocycles. The van der Waals surface area contributed by atoms with Gasteiger partial charge in [0.15, 0.2) is 0 Å². The highest BCUT2D eigenvalue weighted by molar-refractivity contribution is 6.03. The maximum Gasteiger partial charge on any atom is 0.250 e. The Hall–Kier alpha value is -2.75. The predicted octanol–water partition coefficient (Wildman–Crippen LogP) is 3.69. The zero-order valence-corrected chi connectivity index (χ0v) is 13.9. The zero-order chi connectivity index (χ0) is 16.8. The first-order valence-electron chi connectivity index (χ1n) is 7.29. The van der Waals surface area contributed by atoms with Crippen molar-refractivity contribution in [1.82, 2.24) is 0 Å². The molecule has 1 amide bonds. The smallest absolute Gasteiger partial charge is 0.250 e.